The van der Waals surface area contributed by atoms with E-state index in [2.05, 4.69) is 15.3 Å². The molecule has 0 saturated carbocycles. The SMILES string of the molecule is O=C(N[C@H](CCO)c1ccccc1)c1cn2cc(-c3ccc4ccccc4c3)[nH]c(=O)c2n1. The number of hydrogen-bond donors (Lipinski definition) is 3. The number of aliphatic hydroxyl groups is 1. The molecule has 3 aromatic carbocycles. The summed E-state index contributed by atoms with van der Waals surface area (Å²) in [5.41, 5.74) is 2.28. The lowest BCUT2D eigenvalue weighted by Gasteiger charge is -2.17. The highest BCUT2D eigenvalue weighted by Crippen LogP contribution is 2.23. The van der Waals surface area contributed by atoms with Crippen LogP contribution in [0, 0.1) is 0 Å². The van der Waals surface area contributed by atoms with Crippen LogP contribution in [0.5, 0.6) is 0 Å². The molecule has 0 aliphatic carbocycles. The number of carbonyl (C=O) groups excluding carboxylic acids is 1. The molecule has 0 aliphatic rings. The van der Waals surface area contributed by atoms with Gasteiger partial charge in [0.15, 0.2) is 0 Å². The van der Waals surface area contributed by atoms with Gasteiger partial charge in [-0.15, -0.1) is 0 Å². The fourth-order valence-electron chi connectivity index (χ4n) is 3.99. The topological polar surface area (TPSA) is 99.5 Å². The van der Waals surface area contributed by atoms with Crippen molar-refractivity contribution in [3.05, 3.63) is 107 Å². The largest absolute Gasteiger partial charge is 0.396 e. The maximum atomic E-state index is 12.9. The quantitative estimate of drug-likeness (QED) is 0.376. The molecule has 164 valence electrons. The van der Waals surface area contributed by atoms with Crippen molar-refractivity contribution in [3.63, 3.8) is 0 Å². The third kappa shape index (κ3) is 4.14. The van der Waals surface area contributed by atoms with E-state index in [1.807, 2.05) is 72.8 Å². The third-order valence-electron chi connectivity index (χ3n) is 5.67. The van der Waals surface area contributed by atoms with Crippen molar-refractivity contribution in [1.29, 1.82) is 0 Å². The zero-order valence-electron chi connectivity index (χ0n) is 17.7. The molecule has 1 atom stereocenters. The number of aliphatic hydroxyl groups excluding tert-OH is 1. The highest BCUT2D eigenvalue weighted by atomic mass is 16.3. The third-order valence-corrected chi connectivity index (χ3v) is 5.67. The maximum Gasteiger partial charge on any atom is 0.292 e. The molecule has 5 aromatic rings. The van der Waals surface area contributed by atoms with E-state index in [0.29, 0.717) is 12.1 Å². The highest BCUT2D eigenvalue weighted by Gasteiger charge is 2.19. The minimum atomic E-state index is -0.410. The summed E-state index contributed by atoms with van der Waals surface area (Å²) in [5, 5.41) is 14.5. The molecule has 2 aromatic heterocycles. The van der Waals surface area contributed by atoms with Crippen LogP contribution in [0.4, 0.5) is 0 Å². The number of imidazole rings is 1. The number of amides is 1. The Morgan fingerprint density at radius 1 is 1.00 bits per heavy atom. The first-order chi connectivity index (χ1) is 16.1. The molecule has 0 fully saturated rings. The normalized spacial score (nSPS) is 12.2. The van der Waals surface area contributed by atoms with E-state index in [1.54, 1.807) is 16.8 Å². The second kappa shape index (κ2) is 8.72. The Labute approximate surface area is 189 Å². The summed E-state index contributed by atoms with van der Waals surface area (Å²) >= 11 is 0. The van der Waals surface area contributed by atoms with Gasteiger partial charge in [0.05, 0.1) is 11.7 Å². The minimum Gasteiger partial charge on any atom is -0.396 e. The molecule has 0 unspecified atom stereocenters. The Morgan fingerprint density at radius 2 is 1.76 bits per heavy atom. The molecule has 7 heteroatoms. The van der Waals surface area contributed by atoms with E-state index in [4.69, 9.17) is 0 Å². The number of nitrogens with zero attached hydrogens (tertiary/aromatic N) is 2. The average Bonchev–Trinajstić information content (AvgIpc) is 3.29. The first-order valence-electron chi connectivity index (χ1n) is 10.7. The Bertz CT molecular complexity index is 1500. The van der Waals surface area contributed by atoms with Gasteiger partial charge in [0.1, 0.15) is 5.69 Å². The molecule has 33 heavy (non-hydrogen) atoms. The number of benzene rings is 3. The van der Waals surface area contributed by atoms with E-state index < -0.39 is 5.91 Å². The van der Waals surface area contributed by atoms with Crippen molar-refractivity contribution in [1.82, 2.24) is 19.7 Å². The van der Waals surface area contributed by atoms with E-state index >= 15 is 0 Å². The molecule has 5 rings (SSSR count). The monoisotopic (exact) mass is 438 g/mol. The van der Waals surface area contributed by atoms with Crippen LogP contribution in [0.15, 0.2) is 90.0 Å². The molecular formula is C26H22N4O3. The predicted octanol–water partition coefficient (Wildman–Crippen LogP) is 3.70. The lowest BCUT2D eigenvalue weighted by molar-refractivity contribution is 0.0925. The van der Waals surface area contributed by atoms with Gasteiger partial charge in [-0.2, -0.15) is 0 Å². The molecule has 0 bridgehead atoms. The second-order valence-electron chi connectivity index (χ2n) is 7.86. The molecule has 0 spiro atoms. The predicted molar refractivity (Wildman–Crippen MR) is 127 cm³/mol. The standard InChI is InChI=1S/C26H22N4O3/c31-13-12-21(18-7-2-1-3-8-18)28-25(32)23-16-30-15-22(29-26(33)24(30)27-23)20-11-10-17-6-4-5-9-19(17)14-20/h1-11,14-16,21,31H,12-13H2,(H,28,32)(H,29,33)/t21-/m1/s1. The van der Waals surface area contributed by atoms with Crippen LogP contribution in [-0.4, -0.2) is 32.0 Å². The molecule has 1 amide bonds. The van der Waals surface area contributed by atoms with E-state index in [-0.39, 0.29) is 29.5 Å². The summed E-state index contributed by atoms with van der Waals surface area (Å²) < 4.78 is 1.57. The summed E-state index contributed by atoms with van der Waals surface area (Å²) in [4.78, 5) is 32.7. The van der Waals surface area contributed by atoms with Gasteiger partial charge in [-0.05, 0) is 28.8 Å². The number of fused-ring (bicyclic) bond motifs is 2. The summed E-state index contributed by atoms with van der Waals surface area (Å²) in [6, 6.07) is 23.0. The Kier molecular flexibility index (Phi) is 5.46. The Morgan fingerprint density at radius 3 is 2.55 bits per heavy atom. The molecule has 0 radical (unpaired) electrons. The van der Waals surface area contributed by atoms with Gasteiger partial charge >= 0.3 is 0 Å². The number of aromatic nitrogens is 3. The summed E-state index contributed by atoms with van der Waals surface area (Å²) in [7, 11) is 0. The number of aromatic amines is 1. The van der Waals surface area contributed by atoms with Gasteiger partial charge in [-0.25, -0.2) is 4.98 Å². The van der Waals surface area contributed by atoms with Crippen molar-refractivity contribution in [3.8, 4) is 11.3 Å². The van der Waals surface area contributed by atoms with Crippen LogP contribution in [0.2, 0.25) is 0 Å². The number of carbonyl (C=O) groups is 1. The van der Waals surface area contributed by atoms with Crippen LogP contribution in [0.1, 0.15) is 28.5 Å². The molecule has 0 aliphatic heterocycles. The minimum absolute atomic E-state index is 0.0696. The van der Waals surface area contributed by atoms with Crippen LogP contribution in [0.3, 0.4) is 0 Å². The van der Waals surface area contributed by atoms with Gasteiger partial charge in [0.25, 0.3) is 11.5 Å². The molecule has 7 nitrogen and oxygen atoms in total. The summed E-state index contributed by atoms with van der Waals surface area (Å²) in [6.45, 7) is -0.0696. The lowest BCUT2D eigenvalue weighted by Crippen LogP contribution is -2.29. The van der Waals surface area contributed by atoms with Crippen molar-refractivity contribution in [2.24, 2.45) is 0 Å². The van der Waals surface area contributed by atoms with Crippen molar-refractivity contribution < 1.29 is 9.90 Å². The molecule has 3 N–H and O–H groups in total. The van der Waals surface area contributed by atoms with E-state index in [0.717, 1.165) is 21.9 Å². The summed E-state index contributed by atoms with van der Waals surface area (Å²) in [5.74, 6) is -0.410. The van der Waals surface area contributed by atoms with Crippen LogP contribution >= 0.6 is 0 Å². The first kappa shape index (κ1) is 20.7. The van der Waals surface area contributed by atoms with Gasteiger partial charge in [-0.1, -0.05) is 66.7 Å². The lowest BCUT2D eigenvalue weighted by atomic mass is 10.0. The van der Waals surface area contributed by atoms with Gasteiger partial charge in [0, 0.05) is 24.6 Å². The van der Waals surface area contributed by atoms with Crippen LogP contribution in [0.25, 0.3) is 27.7 Å². The van der Waals surface area contributed by atoms with Gasteiger partial charge in [-0.3, -0.25) is 14.0 Å². The molecular weight excluding hydrogens is 416 g/mol. The van der Waals surface area contributed by atoms with Crippen LogP contribution < -0.4 is 10.9 Å². The van der Waals surface area contributed by atoms with E-state index in [1.165, 1.54) is 0 Å². The first-order valence-corrected chi connectivity index (χ1v) is 10.7. The van der Waals surface area contributed by atoms with Gasteiger partial charge in [0.2, 0.25) is 5.65 Å². The number of nitrogens with one attached hydrogen (secondary N) is 2. The average molecular weight is 438 g/mol. The van der Waals surface area contributed by atoms with Crippen molar-refractivity contribution >= 4 is 22.3 Å². The second-order valence-corrected chi connectivity index (χ2v) is 7.86. The number of rotatable bonds is 6. The zero-order valence-corrected chi connectivity index (χ0v) is 17.7. The fourth-order valence-corrected chi connectivity index (χ4v) is 3.99. The van der Waals surface area contributed by atoms with Gasteiger partial charge < -0.3 is 15.4 Å². The number of hydrogen-bond acceptors (Lipinski definition) is 4. The van der Waals surface area contributed by atoms with Crippen LogP contribution in [-0.2, 0) is 0 Å². The number of H-pyrrole nitrogens is 1. The zero-order chi connectivity index (χ0) is 22.8. The highest BCUT2D eigenvalue weighted by molar-refractivity contribution is 5.93. The molecule has 2 heterocycles. The smallest absolute Gasteiger partial charge is 0.292 e. The molecule has 0 saturated heterocycles. The Balaban J connectivity index is 1.47. The van der Waals surface area contributed by atoms with Crippen molar-refractivity contribution in [2.75, 3.05) is 6.61 Å². The maximum absolute atomic E-state index is 12.9. The summed E-state index contributed by atoms with van der Waals surface area (Å²) in [6.07, 6.45) is 3.67. The van der Waals surface area contributed by atoms with Crippen molar-refractivity contribution in [2.45, 2.75) is 12.5 Å². The fraction of sp³-hybridized carbons (Fsp3) is 0.115. The van der Waals surface area contributed by atoms with E-state index in [9.17, 15) is 14.7 Å². The Hall–Kier alpha value is -4.23.